The Balaban J connectivity index is 1.92. The van der Waals surface area contributed by atoms with Crippen LogP contribution in [0.3, 0.4) is 0 Å². The van der Waals surface area contributed by atoms with Crippen LogP contribution in [-0.2, 0) is 14.6 Å². The first-order chi connectivity index (χ1) is 8.79. The van der Waals surface area contributed by atoms with E-state index < -0.39 is 21.7 Å². The molecule has 2 rings (SSSR count). The molecule has 2 heterocycles. The van der Waals surface area contributed by atoms with E-state index in [-0.39, 0.29) is 30.4 Å². The van der Waals surface area contributed by atoms with E-state index in [4.69, 9.17) is 5.11 Å². The van der Waals surface area contributed by atoms with Gasteiger partial charge in [-0.05, 0) is 19.3 Å². The van der Waals surface area contributed by atoms with Crippen molar-refractivity contribution in [2.24, 2.45) is 5.92 Å². The molecule has 3 atom stereocenters. The third-order valence-corrected chi connectivity index (χ3v) is 4.78. The minimum absolute atomic E-state index is 0.0238. The number of hydrogen-bond acceptors (Lipinski definition) is 4. The van der Waals surface area contributed by atoms with Crippen LogP contribution in [0.4, 0.5) is 4.79 Å². The van der Waals surface area contributed by atoms with E-state index in [9.17, 15) is 18.0 Å². The Morgan fingerprint density at radius 1 is 1.37 bits per heavy atom. The fourth-order valence-corrected chi connectivity index (χ4v) is 3.48. The Morgan fingerprint density at radius 2 is 2.05 bits per heavy atom. The smallest absolute Gasteiger partial charge is 0.317 e. The molecule has 108 valence electrons. The summed E-state index contributed by atoms with van der Waals surface area (Å²) in [6.07, 6.45) is 3.15. The number of nitrogens with one attached hydrogen (secondary N) is 1. The summed E-state index contributed by atoms with van der Waals surface area (Å²) in [5.41, 5.74) is 0. The van der Waals surface area contributed by atoms with Gasteiger partial charge in [-0.25, -0.2) is 13.2 Å². The Kier molecular flexibility index (Phi) is 3.71. The molecule has 2 bridgehead atoms. The van der Waals surface area contributed by atoms with E-state index in [1.807, 2.05) is 0 Å². The molecule has 0 saturated carbocycles. The van der Waals surface area contributed by atoms with Gasteiger partial charge in [0.25, 0.3) is 0 Å². The molecule has 0 aliphatic carbocycles. The van der Waals surface area contributed by atoms with Crippen molar-refractivity contribution < 1.29 is 23.1 Å². The van der Waals surface area contributed by atoms with E-state index in [0.29, 0.717) is 12.8 Å². The topological polar surface area (TPSA) is 104 Å². The van der Waals surface area contributed by atoms with Crippen LogP contribution < -0.4 is 5.32 Å². The lowest BCUT2D eigenvalue weighted by molar-refractivity contribution is -0.142. The van der Waals surface area contributed by atoms with Crippen molar-refractivity contribution in [1.82, 2.24) is 10.2 Å². The SMILES string of the molecule is CS(=O)(=O)CCNC(=O)N1C2CCC1C(C(=O)O)C2. The molecule has 3 unspecified atom stereocenters. The number of carboxylic acid groups (broad SMARTS) is 1. The van der Waals surface area contributed by atoms with Gasteiger partial charge in [-0.2, -0.15) is 0 Å². The molecule has 2 N–H and O–H groups in total. The molecule has 19 heavy (non-hydrogen) atoms. The molecule has 2 saturated heterocycles. The number of sulfone groups is 1. The van der Waals surface area contributed by atoms with E-state index in [2.05, 4.69) is 5.32 Å². The molecule has 8 heteroatoms. The van der Waals surface area contributed by atoms with Gasteiger partial charge in [-0.3, -0.25) is 4.79 Å². The van der Waals surface area contributed by atoms with Crippen LogP contribution in [0.1, 0.15) is 19.3 Å². The monoisotopic (exact) mass is 290 g/mol. The summed E-state index contributed by atoms with van der Waals surface area (Å²) in [6, 6.07) is -0.620. The Hall–Kier alpha value is -1.31. The molecular formula is C11H18N2O5S. The highest BCUT2D eigenvalue weighted by molar-refractivity contribution is 7.90. The number of carbonyl (C=O) groups is 2. The highest BCUT2D eigenvalue weighted by Crippen LogP contribution is 2.41. The molecule has 0 radical (unpaired) electrons. The van der Waals surface area contributed by atoms with Crippen molar-refractivity contribution in [2.75, 3.05) is 18.6 Å². The molecule has 0 aromatic heterocycles. The lowest BCUT2D eigenvalue weighted by Gasteiger charge is -2.23. The number of carbonyl (C=O) groups excluding carboxylic acids is 1. The van der Waals surface area contributed by atoms with Crippen molar-refractivity contribution in [3.8, 4) is 0 Å². The first-order valence-corrected chi connectivity index (χ1v) is 8.32. The normalized spacial score (nSPS) is 29.5. The third-order valence-electron chi connectivity index (χ3n) is 3.84. The third kappa shape index (κ3) is 2.99. The number of urea groups is 1. The second-order valence-electron chi connectivity index (χ2n) is 5.25. The van der Waals surface area contributed by atoms with Crippen LogP contribution in [0, 0.1) is 5.92 Å². The Labute approximate surface area is 111 Å². The maximum absolute atomic E-state index is 12.0. The standard InChI is InChI=1S/C11H18N2O5S/c1-19(17,18)5-4-12-11(16)13-7-2-3-9(13)8(6-7)10(14)15/h7-9H,2-6H2,1H3,(H,12,16)(H,14,15). The van der Waals surface area contributed by atoms with Gasteiger partial charge in [0.05, 0.1) is 11.7 Å². The van der Waals surface area contributed by atoms with Crippen LogP contribution >= 0.6 is 0 Å². The maximum Gasteiger partial charge on any atom is 0.317 e. The molecule has 0 aromatic rings. The van der Waals surface area contributed by atoms with Gasteiger partial charge in [-0.15, -0.1) is 0 Å². The maximum atomic E-state index is 12.0. The zero-order chi connectivity index (χ0) is 14.2. The Bertz CT molecular complexity index is 489. The summed E-state index contributed by atoms with van der Waals surface area (Å²) in [6.45, 7) is 0.0609. The number of aliphatic carboxylic acids is 1. The first-order valence-electron chi connectivity index (χ1n) is 6.26. The van der Waals surface area contributed by atoms with Crippen LogP contribution in [0.15, 0.2) is 0 Å². The lowest BCUT2D eigenvalue weighted by atomic mass is 9.89. The van der Waals surface area contributed by atoms with Gasteiger partial charge in [0.15, 0.2) is 0 Å². The van der Waals surface area contributed by atoms with E-state index in [0.717, 1.165) is 12.7 Å². The minimum atomic E-state index is -3.11. The second kappa shape index (κ2) is 4.99. The number of hydrogen-bond donors (Lipinski definition) is 2. The van der Waals surface area contributed by atoms with E-state index >= 15 is 0 Å². The molecule has 0 aromatic carbocycles. The molecule has 2 aliphatic rings. The van der Waals surface area contributed by atoms with Gasteiger partial charge >= 0.3 is 12.0 Å². The van der Waals surface area contributed by atoms with Gasteiger partial charge < -0.3 is 15.3 Å². The highest BCUT2D eigenvalue weighted by atomic mass is 32.2. The van der Waals surface area contributed by atoms with E-state index in [1.54, 1.807) is 4.90 Å². The molecular weight excluding hydrogens is 272 g/mol. The molecule has 0 spiro atoms. The fourth-order valence-electron chi connectivity index (χ4n) is 3.01. The van der Waals surface area contributed by atoms with Crippen LogP contribution in [0.25, 0.3) is 0 Å². The summed E-state index contributed by atoms with van der Waals surface area (Å²) in [4.78, 5) is 24.6. The summed E-state index contributed by atoms with van der Waals surface area (Å²) in [7, 11) is -3.11. The molecule has 2 fully saturated rings. The minimum Gasteiger partial charge on any atom is -0.481 e. The van der Waals surface area contributed by atoms with Crippen LogP contribution in [-0.4, -0.2) is 61.1 Å². The van der Waals surface area contributed by atoms with Crippen molar-refractivity contribution in [1.29, 1.82) is 0 Å². The summed E-state index contributed by atoms with van der Waals surface area (Å²) in [5, 5.41) is 11.6. The van der Waals surface area contributed by atoms with Crippen molar-refractivity contribution in [3.05, 3.63) is 0 Å². The van der Waals surface area contributed by atoms with Gasteiger partial charge in [0.2, 0.25) is 0 Å². The van der Waals surface area contributed by atoms with Crippen LogP contribution in [0.5, 0.6) is 0 Å². The zero-order valence-electron chi connectivity index (χ0n) is 10.7. The quantitative estimate of drug-likeness (QED) is 0.738. The zero-order valence-corrected chi connectivity index (χ0v) is 11.5. The fraction of sp³-hybridized carbons (Fsp3) is 0.818. The second-order valence-corrected chi connectivity index (χ2v) is 7.51. The summed E-state index contributed by atoms with van der Waals surface area (Å²) < 4.78 is 21.9. The number of nitrogens with zero attached hydrogens (tertiary/aromatic N) is 1. The van der Waals surface area contributed by atoms with Gasteiger partial charge in [-0.1, -0.05) is 0 Å². The number of rotatable bonds is 4. The average Bonchev–Trinajstić information content (AvgIpc) is 2.83. The van der Waals surface area contributed by atoms with Crippen molar-refractivity contribution in [2.45, 2.75) is 31.3 Å². The number of carboxylic acids is 1. The van der Waals surface area contributed by atoms with Gasteiger partial charge in [0, 0.05) is 24.9 Å². The number of amides is 2. The highest BCUT2D eigenvalue weighted by Gasteiger charge is 2.51. The molecule has 2 amide bonds. The van der Waals surface area contributed by atoms with Crippen molar-refractivity contribution in [3.63, 3.8) is 0 Å². The van der Waals surface area contributed by atoms with Gasteiger partial charge in [0.1, 0.15) is 9.84 Å². The lowest BCUT2D eigenvalue weighted by Crippen LogP contribution is -2.45. The summed E-state index contributed by atoms with van der Waals surface area (Å²) in [5.74, 6) is -1.45. The van der Waals surface area contributed by atoms with Crippen LogP contribution in [0.2, 0.25) is 0 Å². The molecule has 7 nitrogen and oxygen atoms in total. The predicted octanol–water partition coefficient (Wildman–Crippen LogP) is -0.322. The first kappa shape index (κ1) is 14.1. The average molecular weight is 290 g/mol. The number of fused-ring (bicyclic) bond motifs is 2. The summed E-state index contributed by atoms with van der Waals surface area (Å²) >= 11 is 0. The van der Waals surface area contributed by atoms with E-state index in [1.165, 1.54) is 0 Å². The predicted molar refractivity (Wildman–Crippen MR) is 67.5 cm³/mol. The largest absolute Gasteiger partial charge is 0.481 e. The Morgan fingerprint density at radius 3 is 2.58 bits per heavy atom. The molecule has 2 aliphatic heterocycles. The van der Waals surface area contributed by atoms with Crippen molar-refractivity contribution >= 4 is 21.8 Å².